The molecule has 0 unspecified atom stereocenters. The Morgan fingerprint density at radius 3 is 3.00 bits per heavy atom. The molecule has 1 aromatic heterocycles. The summed E-state index contributed by atoms with van der Waals surface area (Å²) in [5, 5.41) is 8.15. The molecule has 0 atom stereocenters. The van der Waals surface area contributed by atoms with Crippen molar-refractivity contribution in [2.75, 3.05) is 18.9 Å². The van der Waals surface area contributed by atoms with Crippen molar-refractivity contribution in [1.29, 1.82) is 0 Å². The Hall–Kier alpha value is -2.35. The third-order valence-corrected chi connectivity index (χ3v) is 3.86. The summed E-state index contributed by atoms with van der Waals surface area (Å²) >= 11 is 1.10. The Balaban J connectivity index is 1.62. The minimum absolute atomic E-state index is 0.0462. The average molecular weight is 319 g/mol. The Morgan fingerprint density at radius 1 is 1.41 bits per heavy atom. The quantitative estimate of drug-likeness (QED) is 0.798. The molecule has 7 nitrogen and oxygen atoms in total. The smallest absolute Gasteiger partial charge is 0.416 e. The summed E-state index contributed by atoms with van der Waals surface area (Å²) < 4.78 is 10.2. The fourth-order valence-electron chi connectivity index (χ4n) is 1.98. The molecule has 114 valence electrons. The van der Waals surface area contributed by atoms with Crippen LogP contribution in [0.5, 0.6) is 0 Å². The highest BCUT2D eigenvalue weighted by molar-refractivity contribution is 7.99. The van der Waals surface area contributed by atoms with Crippen LogP contribution in [-0.2, 0) is 9.53 Å². The molecule has 0 aliphatic carbocycles. The van der Waals surface area contributed by atoms with Gasteiger partial charge in [-0.25, -0.2) is 9.69 Å². The first-order valence-electron chi connectivity index (χ1n) is 6.64. The van der Waals surface area contributed by atoms with Crippen LogP contribution in [-0.4, -0.2) is 46.0 Å². The summed E-state index contributed by atoms with van der Waals surface area (Å²) in [5.74, 6) is 0.118. The molecule has 1 fully saturated rings. The summed E-state index contributed by atoms with van der Waals surface area (Å²) in [6.45, 7) is 2.51. The highest BCUT2D eigenvalue weighted by atomic mass is 32.2. The van der Waals surface area contributed by atoms with Gasteiger partial charge in [-0.3, -0.25) is 4.79 Å². The van der Waals surface area contributed by atoms with Gasteiger partial charge in [-0.2, -0.15) is 0 Å². The summed E-state index contributed by atoms with van der Waals surface area (Å²) in [5.41, 5.74) is 1.92. The van der Waals surface area contributed by atoms with Crippen molar-refractivity contribution >= 4 is 23.8 Å². The van der Waals surface area contributed by atoms with E-state index in [0.717, 1.165) is 27.8 Å². The number of amides is 2. The first-order valence-corrected chi connectivity index (χ1v) is 7.62. The average Bonchev–Trinajstić information content (AvgIpc) is 3.14. The van der Waals surface area contributed by atoms with Gasteiger partial charge in [0.15, 0.2) is 0 Å². The zero-order valence-electron chi connectivity index (χ0n) is 11.8. The first-order chi connectivity index (χ1) is 10.6. The standard InChI is InChI=1S/C14H13N3O4S/c1-9-3-2-4-10(7-9)12-15-16-13(21-12)22-8-11(18)17-5-6-20-14(17)19/h2-4,7H,5-6,8H2,1H3. The lowest BCUT2D eigenvalue weighted by atomic mass is 10.1. The highest BCUT2D eigenvalue weighted by Gasteiger charge is 2.28. The molecule has 3 rings (SSSR count). The zero-order chi connectivity index (χ0) is 15.5. The molecular formula is C14H13N3O4S. The molecular weight excluding hydrogens is 306 g/mol. The van der Waals surface area contributed by atoms with E-state index < -0.39 is 6.09 Å². The lowest BCUT2D eigenvalue weighted by molar-refractivity contribution is -0.125. The van der Waals surface area contributed by atoms with Crippen molar-refractivity contribution in [1.82, 2.24) is 15.1 Å². The number of hydrogen-bond acceptors (Lipinski definition) is 7. The number of thioether (sulfide) groups is 1. The van der Waals surface area contributed by atoms with Gasteiger partial charge in [-0.05, 0) is 19.1 Å². The van der Waals surface area contributed by atoms with Crippen LogP contribution in [0.4, 0.5) is 4.79 Å². The summed E-state index contributed by atoms with van der Waals surface area (Å²) in [4.78, 5) is 24.2. The van der Waals surface area contributed by atoms with Gasteiger partial charge < -0.3 is 9.15 Å². The molecule has 1 aromatic carbocycles. The number of cyclic esters (lactones) is 1. The predicted molar refractivity (Wildman–Crippen MR) is 78.3 cm³/mol. The number of nitrogens with zero attached hydrogens (tertiary/aromatic N) is 3. The van der Waals surface area contributed by atoms with E-state index in [4.69, 9.17) is 9.15 Å². The van der Waals surface area contributed by atoms with E-state index in [2.05, 4.69) is 10.2 Å². The number of aromatic nitrogens is 2. The summed E-state index contributed by atoms with van der Waals surface area (Å²) in [7, 11) is 0. The number of carbonyl (C=O) groups excluding carboxylic acids is 2. The van der Waals surface area contributed by atoms with E-state index in [-0.39, 0.29) is 30.0 Å². The number of benzene rings is 1. The van der Waals surface area contributed by atoms with Crippen LogP contribution in [0.2, 0.25) is 0 Å². The van der Waals surface area contributed by atoms with E-state index in [1.807, 2.05) is 31.2 Å². The van der Waals surface area contributed by atoms with Crippen LogP contribution in [0.25, 0.3) is 11.5 Å². The third-order valence-electron chi connectivity index (χ3n) is 3.05. The molecule has 1 aliphatic rings. The Morgan fingerprint density at radius 2 is 2.27 bits per heavy atom. The van der Waals surface area contributed by atoms with Gasteiger partial charge in [0.25, 0.3) is 5.22 Å². The van der Waals surface area contributed by atoms with Crippen molar-refractivity contribution < 1.29 is 18.7 Å². The van der Waals surface area contributed by atoms with Gasteiger partial charge in [0.1, 0.15) is 6.61 Å². The second-order valence-corrected chi connectivity index (χ2v) is 5.62. The van der Waals surface area contributed by atoms with Gasteiger partial charge in [0.05, 0.1) is 12.3 Å². The Bertz CT molecular complexity index is 716. The van der Waals surface area contributed by atoms with Gasteiger partial charge in [0, 0.05) is 5.56 Å². The largest absolute Gasteiger partial charge is 0.447 e. The maximum Gasteiger partial charge on any atom is 0.416 e. The van der Waals surface area contributed by atoms with E-state index >= 15 is 0 Å². The second-order valence-electron chi connectivity index (χ2n) is 4.69. The number of carbonyl (C=O) groups is 2. The molecule has 0 radical (unpaired) electrons. The van der Waals surface area contributed by atoms with Gasteiger partial charge in [-0.15, -0.1) is 10.2 Å². The van der Waals surface area contributed by atoms with E-state index in [1.54, 1.807) is 0 Å². The zero-order valence-corrected chi connectivity index (χ0v) is 12.6. The molecule has 2 amide bonds. The Labute approximate surface area is 130 Å². The fraction of sp³-hybridized carbons (Fsp3) is 0.286. The predicted octanol–water partition coefficient (Wildman–Crippen LogP) is 2.12. The number of hydrogen-bond donors (Lipinski definition) is 0. The number of aryl methyl sites for hydroxylation is 1. The van der Waals surface area contributed by atoms with Crippen LogP contribution >= 0.6 is 11.8 Å². The van der Waals surface area contributed by atoms with Crippen molar-refractivity contribution in [2.45, 2.75) is 12.1 Å². The lowest BCUT2D eigenvalue weighted by Crippen LogP contribution is -2.32. The molecule has 2 aromatic rings. The molecule has 1 aliphatic heterocycles. The molecule has 22 heavy (non-hydrogen) atoms. The minimum Gasteiger partial charge on any atom is -0.447 e. The molecule has 0 bridgehead atoms. The minimum atomic E-state index is -0.600. The Kier molecular flexibility index (Phi) is 4.10. The van der Waals surface area contributed by atoms with Crippen molar-refractivity contribution in [3.63, 3.8) is 0 Å². The second kappa shape index (κ2) is 6.18. The number of imide groups is 1. The lowest BCUT2D eigenvalue weighted by Gasteiger charge is -2.08. The molecule has 0 saturated carbocycles. The van der Waals surface area contributed by atoms with E-state index in [1.165, 1.54) is 0 Å². The molecule has 2 heterocycles. The molecule has 8 heteroatoms. The van der Waals surface area contributed by atoms with Crippen LogP contribution in [0.1, 0.15) is 5.56 Å². The van der Waals surface area contributed by atoms with Crippen LogP contribution in [0, 0.1) is 6.92 Å². The maximum absolute atomic E-state index is 11.9. The first kappa shape index (κ1) is 14.6. The molecule has 1 saturated heterocycles. The SMILES string of the molecule is Cc1cccc(-c2nnc(SCC(=O)N3CCOC3=O)o2)c1. The van der Waals surface area contributed by atoms with Crippen LogP contribution < -0.4 is 0 Å². The highest BCUT2D eigenvalue weighted by Crippen LogP contribution is 2.24. The van der Waals surface area contributed by atoms with Crippen molar-refractivity contribution in [2.24, 2.45) is 0 Å². The monoisotopic (exact) mass is 319 g/mol. The summed E-state index contributed by atoms with van der Waals surface area (Å²) in [6, 6.07) is 7.70. The molecule has 0 spiro atoms. The van der Waals surface area contributed by atoms with E-state index in [9.17, 15) is 9.59 Å². The van der Waals surface area contributed by atoms with Gasteiger partial charge in [0.2, 0.25) is 11.8 Å². The van der Waals surface area contributed by atoms with Crippen molar-refractivity contribution in [3.05, 3.63) is 29.8 Å². The van der Waals surface area contributed by atoms with E-state index in [0.29, 0.717) is 5.89 Å². The number of ether oxygens (including phenoxy) is 1. The fourth-order valence-corrected chi connectivity index (χ4v) is 2.62. The summed E-state index contributed by atoms with van der Waals surface area (Å²) in [6.07, 6.45) is -0.600. The maximum atomic E-state index is 11.9. The van der Waals surface area contributed by atoms with Crippen LogP contribution in [0.3, 0.4) is 0 Å². The van der Waals surface area contributed by atoms with Crippen molar-refractivity contribution in [3.8, 4) is 11.5 Å². The van der Waals surface area contributed by atoms with Gasteiger partial charge >= 0.3 is 6.09 Å². The normalized spacial score (nSPS) is 14.2. The number of rotatable bonds is 4. The van der Waals surface area contributed by atoms with Gasteiger partial charge in [-0.1, -0.05) is 29.5 Å². The third kappa shape index (κ3) is 3.11. The topological polar surface area (TPSA) is 85.5 Å². The molecule has 0 N–H and O–H groups in total. The van der Waals surface area contributed by atoms with Crippen LogP contribution in [0.15, 0.2) is 33.9 Å².